The van der Waals surface area contributed by atoms with Crippen LogP contribution < -0.4 is 5.32 Å². The van der Waals surface area contributed by atoms with Crippen molar-refractivity contribution in [1.29, 1.82) is 0 Å². The molecule has 2 N–H and O–H groups in total. The molecule has 2 aromatic rings. The number of aliphatic hydroxyl groups excluding tert-OH is 1. The highest BCUT2D eigenvalue weighted by Gasteiger charge is 2.08. The number of aliphatic hydroxyl groups is 1. The van der Waals surface area contributed by atoms with E-state index in [1.54, 1.807) is 0 Å². The highest BCUT2D eigenvalue weighted by Crippen LogP contribution is 2.21. The zero-order valence-electron chi connectivity index (χ0n) is 13.8. The number of benzene rings is 2. The quantitative estimate of drug-likeness (QED) is 0.771. The van der Waals surface area contributed by atoms with Crippen molar-refractivity contribution < 1.29 is 14.1 Å². The maximum Gasteiger partial charge on any atom is 0.232 e. The Labute approximate surface area is 145 Å². The molecule has 0 aliphatic carbocycles. The van der Waals surface area contributed by atoms with E-state index in [9.17, 15) is 9.00 Å². The molecule has 4 nitrogen and oxygen atoms in total. The first kappa shape index (κ1) is 18.4. The first-order chi connectivity index (χ1) is 11.6. The molecule has 0 aliphatic heterocycles. The predicted molar refractivity (Wildman–Crippen MR) is 98.1 cm³/mol. The molecule has 2 aromatic carbocycles. The SMILES string of the molecule is CCc1cccc(-c2ccc(CS(=O)CC(=O)NCCO)cc2)c1. The largest absolute Gasteiger partial charge is 0.395 e. The van der Waals surface area contributed by atoms with Crippen molar-refractivity contribution in [3.63, 3.8) is 0 Å². The minimum absolute atomic E-state index is 0.0414. The monoisotopic (exact) mass is 345 g/mol. The number of hydrogen-bond acceptors (Lipinski definition) is 3. The van der Waals surface area contributed by atoms with E-state index in [4.69, 9.17) is 5.11 Å². The molecule has 0 spiro atoms. The zero-order chi connectivity index (χ0) is 17.4. The molecule has 24 heavy (non-hydrogen) atoms. The zero-order valence-corrected chi connectivity index (χ0v) is 14.6. The van der Waals surface area contributed by atoms with Crippen molar-refractivity contribution in [3.05, 3.63) is 59.7 Å². The first-order valence-electron chi connectivity index (χ1n) is 8.03. The lowest BCUT2D eigenvalue weighted by Gasteiger charge is -2.07. The molecule has 0 bridgehead atoms. The minimum atomic E-state index is -1.25. The van der Waals surface area contributed by atoms with Gasteiger partial charge in [0, 0.05) is 23.1 Å². The van der Waals surface area contributed by atoms with Gasteiger partial charge < -0.3 is 10.4 Å². The van der Waals surface area contributed by atoms with Crippen LogP contribution in [-0.2, 0) is 27.8 Å². The maximum atomic E-state index is 12.0. The Morgan fingerprint density at radius 1 is 1.08 bits per heavy atom. The summed E-state index contributed by atoms with van der Waals surface area (Å²) in [5, 5.41) is 11.2. The Morgan fingerprint density at radius 3 is 2.50 bits per heavy atom. The molecular weight excluding hydrogens is 322 g/mol. The van der Waals surface area contributed by atoms with Gasteiger partial charge in [-0.25, -0.2) is 0 Å². The fourth-order valence-electron chi connectivity index (χ4n) is 2.39. The minimum Gasteiger partial charge on any atom is -0.395 e. The van der Waals surface area contributed by atoms with Crippen LogP contribution in [0.3, 0.4) is 0 Å². The number of hydrogen-bond donors (Lipinski definition) is 2. The maximum absolute atomic E-state index is 12.0. The molecule has 2 rings (SSSR count). The van der Waals surface area contributed by atoms with Crippen molar-refractivity contribution in [1.82, 2.24) is 5.32 Å². The predicted octanol–water partition coefficient (Wildman–Crippen LogP) is 2.27. The molecule has 0 aliphatic rings. The van der Waals surface area contributed by atoms with Crippen molar-refractivity contribution in [3.8, 4) is 11.1 Å². The van der Waals surface area contributed by atoms with Crippen LogP contribution in [0, 0.1) is 0 Å². The van der Waals surface area contributed by atoms with E-state index in [2.05, 4.69) is 36.5 Å². The van der Waals surface area contributed by atoms with Gasteiger partial charge in [0.15, 0.2) is 0 Å². The number of carbonyl (C=O) groups excluding carboxylic acids is 1. The molecule has 0 heterocycles. The Morgan fingerprint density at radius 2 is 1.83 bits per heavy atom. The number of aryl methyl sites for hydroxylation is 1. The molecule has 128 valence electrons. The van der Waals surface area contributed by atoms with Gasteiger partial charge in [-0.2, -0.15) is 0 Å². The average molecular weight is 345 g/mol. The molecular formula is C19H23NO3S. The van der Waals surface area contributed by atoms with Gasteiger partial charge in [-0.05, 0) is 28.7 Å². The van der Waals surface area contributed by atoms with Crippen LogP contribution >= 0.6 is 0 Å². The van der Waals surface area contributed by atoms with Gasteiger partial charge in [0.05, 0.1) is 6.61 Å². The summed E-state index contributed by atoms with van der Waals surface area (Å²) >= 11 is 0. The van der Waals surface area contributed by atoms with Crippen LogP contribution in [0.15, 0.2) is 48.5 Å². The van der Waals surface area contributed by atoms with Crippen LogP contribution in [0.25, 0.3) is 11.1 Å². The molecule has 0 fully saturated rings. The van der Waals surface area contributed by atoms with E-state index in [1.165, 1.54) is 11.1 Å². The molecule has 0 aromatic heterocycles. The molecule has 5 heteroatoms. The van der Waals surface area contributed by atoms with E-state index in [0.717, 1.165) is 17.5 Å². The smallest absolute Gasteiger partial charge is 0.232 e. The Hall–Kier alpha value is -1.98. The highest BCUT2D eigenvalue weighted by atomic mass is 32.2. The molecule has 0 radical (unpaired) electrons. The highest BCUT2D eigenvalue weighted by molar-refractivity contribution is 7.84. The summed E-state index contributed by atoms with van der Waals surface area (Å²) in [6.07, 6.45) is 1.00. The summed E-state index contributed by atoms with van der Waals surface area (Å²) < 4.78 is 12.0. The van der Waals surface area contributed by atoms with Crippen LogP contribution in [0.5, 0.6) is 0 Å². The van der Waals surface area contributed by atoms with Gasteiger partial charge in [-0.15, -0.1) is 0 Å². The summed E-state index contributed by atoms with van der Waals surface area (Å²) in [7, 11) is -1.25. The Balaban J connectivity index is 1.96. The van der Waals surface area contributed by atoms with E-state index in [-0.39, 0.29) is 24.8 Å². The fourth-order valence-corrected chi connectivity index (χ4v) is 3.45. The van der Waals surface area contributed by atoms with Crippen molar-refractivity contribution in [2.45, 2.75) is 19.1 Å². The summed E-state index contributed by atoms with van der Waals surface area (Å²) in [6, 6.07) is 16.4. The van der Waals surface area contributed by atoms with Gasteiger partial charge >= 0.3 is 0 Å². The summed E-state index contributed by atoms with van der Waals surface area (Å²) in [5.41, 5.74) is 4.54. The summed E-state index contributed by atoms with van der Waals surface area (Å²) in [6.45, 7) is 2.22. The lowest BCUT2D eigenvalue weighted by Crippen LogP contribution is -2.30. The van der Waals surface area contributed by atoms with Gasteiger partial charge in [0.2, 0.25) is 5.91 Å². The third kappa shape index (κ3) is 5.58. The second-order valence-electron chi connectivity index (χ2n) is 5.55. The lowest BCUT2D eigenvalue weighted by molar-refractivity contribution is -0.118. The first-order valence-corrected chi connectivity index (χ1v) is 9.52. The molecule has 1 unspecified atom stereocenters. The summed E-state index contributed by atoms with van der Waals surface area (Å²) in [5.74, 6) is 0.0117. The number of carbonyl (C=O) groups is 1. The van der Waals surface area contributed by atoms with E-state index < -0.39 is 10.8 Å². The molecule has 0 saturated heterocycles. The Bertz CT molecular complexity index is 698. The van der Waals surface area contributed by atoms with Crippen LogP contribution in [0.1, 0.15) is 18.1 Å². The molecule has 1 amide bonds. The standard InChI is InChI=1S/C19H23NO3S/c1-2-15-4-3-5-18(12-15)17-8-6-16(7-9-17)13-24(23)14-19(22)20-10-11-21/h3-9,12,21H,2,10-11,13-14H2,1H3,(H,20,22). The van der Waals surface area contributed by atoms with Crippen molar-refractivity contribution in [2.75, 3.05) is 18.9 Å². The third-order valence-electron chi connectivity index (χ3n) is 3.68. The number of nitrogens with one attached hydrogen (secondary N) is 1. The topological polar surface area (TPSA) is 66.4 Å². The Kier molecular flexibility index (Phi) is 7.15. The number of amides is 1. The summed E-state index contributed by atoms with van der Waals surface area (Å²) in [4.78, 5) is 11.5. The molecule has 1 atom stereocenters. The fraction of sp³-hybridized carbons (Fsp3) is 0.316. The van der Waals surface area contributed by atoms with E-state index >= 15 is 0 Å². The second-order valence-corrected chi connectivity index (χ2v) is 7.01. The van der Waals surface area contributed by atoms with Crippen molar-refractivity contribution >= 4 is 16.7 Å². The van der Waals surface area contributed by atoms with Crippen LogP contribution in [0.4, 0.5) is 0 Å². The molecule has 0 saturated carbocycles. The average Bonchev–Trinajstić information content (AvgIpc) is 2.60. The normalized spacial score (nSPS) is 11.9. The van der Waals surface area contributed by atoms with Gasteiger partial charge in [-0.3, -0.25) is 9.00 Å². The van der Waals surface area contributed by atoms with Crippen LogP contribution in [0.2, 0.25) is 0 Å². The lowest BCUT2D eigenvalue weighted by atomic mass is 10.0. The van der Waals surface area contributed by atoms with Gasteiger partial charge in [-0.1, -0.05) is 55.5 Å². The van der Waals surface area contributed by atoms with Crippen LogP contribution in [-0.4, -0.2) is 34.1 Å². The van der Waals surface area contributed by atoms with Gasteiger partial charge in [0.25, 0.3) is 0 Å². The third-order valence-corrected chi connectivity index (χ3v) is 4.92. The number of rotatable bonds is 8. The van der Waals surface area contributed by atoms with E-state index in [0.29, 0.717) is 5.75 Å². The second kappa shape index (κ2) is 9.35. The van der Waals surface area contributed by atoms with Gasteiger partial charge in [0.1, 0.15) is 5.75 Å². The van der Waals surface area contributed by atoms with Crippen molar-refractivity contribution in [2.24, 2.45) is 0 Å². The van der Waals surface area contributed by atoms with E-state index in [1.807, 2.05) is 24.3 Å².